The van der Waals surface area contributed by atoms with Gasteiger partial charge >= 0.3 is 0 Å². The van der Waals surface area contributed by atoms with E-state index in [0.717, 1.165) is 5.56 Å². The Labute approximate surface area is 138 Å². The van der Waals surface area contributed by atoms with E-state index in [2.05, 4.69) is 27.0 Å². The van der Waals surface area contributed by atoms with E-state index in [1.54, 1.807) is 13.0 Å². The largest absolute Gasteiger partial charge is 0.467 e. The lowest BCUT2D eigenvalue weighted by atomic mass is 10.1. The Morgan fingerprint density at radius 3 is 2.88 bits per heavy atom. The van der Waals surface area contributed by atoms with Crippen LogP contribution in [-0.4, -0.2) is 34.2 Å². The first-order chi connectivity index (χ1) is 11.7. The summed E-state index contributed by atoms with van der Waals surface area (Å²) in [5.41, 5.74) is 1.75. The fraction of sp³-hybridized carbons (Fsp3) is 0.176. The molecule has 0 aliphatic carbocycles. The lowest BCUT2D eigenvalue weighted by molar-refractivity contribution is -0.122. The van der Waals surface area contributed by atoms with E-state index in [9.17, 15) is 4.79 Å². The van der Waals surface area contributed by atoms with Crippen molar-refractivity contribution in [2.45, 2.75) is 6.92 Å². The maximum Gasteiger partial charge on any atom is 0.265 e. The minimum atomic E-state index is -0.267. The predicted molar refractivity (Wildman–Crippen MR) is 88.5 cm³/mol. The number of fused-ring (bicyclic) bond motifs is 1. The summed E-state index contributed by atoms with van der Waals surface area (Å²) in [7, 11) is 0. The van der Waals surface area contributed by atoms with Crippen LogP contribution in [0.2, 0.25) is 0 Å². The molecule has 0 saturated carbocycles. The van der Waals surface area contributed by atoms with Crippen molar-refractivity contribution in [3.8, 4) is 17.1 Å². The summed E-state index contributed by atoms with van der Waals surface area (Å²) < 4.78 is 10.9. The standard InChI is InChI=1S/C17H16N4O3/c1-3-9-18-13(22)10-23-16-14-15(12-7-5-4-6-8-12)21-24-17(14)20-11(2)19-16/h3-8H,1,9-10H2,2H3,(H,18,22). The molecule has 0 aliphatic rings. The number of amides is 1. The van der Waals surface area contributed by atoms with Crippen molar-refractivity contribution in [3.63, 3.8) is 0 Å². The fourth-order valence-corrected chi connectivity index (χ4v) is 2.19. The highest BCUT2D eigenvalue weighted by atomic mass is 16.5. The number of hydrogen-bond donors (Lipinski definition) is 1. The molecule has 1 N–H and O–H groups in total. The minimum absolute atomic E-state index is 0.168. The van der Waals surface area contributed by atoms with E-state index in [1.165, 1.54) is 0 Å². The maximum atomic E-state index is 11.7. The van der Waals surface area contributed by atoms with Crippen LogP contribution in [-0.2, 0) is 4.79 Å². The summed E-state index contributed by atoms with van der Waals surface area (Å²) in [6.45, 7) is 5.47. The zero-order chi connectivity index (χ0) is 16.9. The SMILES string of the molecule is C=CCNC(=O)COc1nc(C)nc2onc(-c3ccccc3)c12. The first-order valence-corrected chi connectivity index (χ1v) is 7.39. The first-order valence-electron chi connectivity index (χ1n) is 7.39. The molecule has 0 radical (unpaired) electrons. The van der Waals surface area contributed by atoms with Gasteiger partial charge in [-0.15, -0.1) is 6.58 Å². The zero-order valence-electron chi connectivity index (χ0n) is 13.2. The molecule has 0 saturated heterocycles. The molecule has 7 heteroatoms. The van der Waals surface area contributed by atoms with Crippen LogP contribution in [0.1, 0.15) is 5.82 Å². The molecule has 0 unspecified atom stereocenters. The van der Waals surface area contributed by atoms with Gasteiger partial charge in [-0.3, -0.25) is 4.79 Å². The number of ether oxygens (including phenoxy) is 1. The highest BCUT2D eigenvalue weighted by Gasteiger charge is 2.19. The molecule has 0 bridgehead atoms. The van der Waals surface area contributed by atoms with Gasteiger partial charge in [-0.05, 0) is 6.92 Å². The van der Waals surface area contributed by atoms with Crippen LogP contribution in [0.4, 0.5) is 0 Å². The number of nitrogens with zero attached hydrogens (tertiary/aromatic N) is 3. The van der Waals surface area contributed by atoms with Crippen LogP contribution in [0, 0.1) is 6.92 Å². The van der Waals surface area contributed by atoms with Gasteiger partial charge < -0.3 is 14.6 Å². The molecule has 0 spiro atoms. The van der Waals surface area contributed by atoms with Gasteiger partial charge in [0.1, 0.15) is 16.9 Å². The maximum absolute atomic E-state index is 11.7. The number of nitrogens with one attached hydrogen (secondary N) is 1. The summed E-state index contributed by atoms with van der Waals surface area (Å²) >= 11 is 0. The Kier molecular flexibility index (Phi) is 4.51. The van der Waals surface area contributed by atoms with Crippen molar-refractivity contribution in [3.05, 3.63) is 48.8 Å². The Bertz CT molecular complexity index is 874. The number of carbonyl (C=O) groups is 1. The van der Waals surface area contributed by atoms with E-state index < -0.39 is 0 Å². The monoisotopic (exact) mass is 324 g/mol. The van der Waals surface area contributed by atoms with Crippen molar-refractivity contribution in [2.24, 2.45) is 0 Å². The molecular formula is C17H16N4O3. The Balaban J connectivity index is 1.96. The Morgan fingerprint density at radius 2 is 2.12 bits per heavy atom. The highest BCUT2D eigenvalue weighted by Crippen LogP contribution is 2.32. The first kappa shape index (κ1) is 15.7. The third-order valence-electron chi connectivity index (χ3n) is 3.25. The average molecular weight is 324 g/mol. The van der Waals surface area contributed by atoms with Gasteiger partial charge in [0.25, 0.3) is 11.6 Å². The summed E-state index contributed by atoms with van der Waals surface area (Å²) in [6.07, 6.45) is 1.60. The molecule has 0 atom stereocenters. The lowest BCUT2D eigenvalue weighted by Crippen LogP contribution is -2.29. The second kappa shape index (κ2) is 6.91. The van der Waals surface area contributed by atoms with E-state index in [-0.39, 0.29) is 18.4 Å². The Hall–Kier alpha value is -3.22. The molecular weight excluding hydrogens is 308 g/mol. The van der Waals surface area contributed by atoms with Gasteiger partial charge in [-0.2, -0.15) is 9.97 Å². The average Bonchev–Trinajstić information content (AvgIpc) is 3.02. The van der Waals surface area contributed by atoms with E-state index in [0.29, 0.717) is 29.2 Å². The predicted octanol–water partition coefficient (Wildman–Crippen LogP) is 2.27. The zero-order valence-corrected chi connectivity index (χ0v) is 13.2. The van der Waals surface area contributed by atoms with Crippen molar-refractivity contribution >= 4 is 17.0 Å². The molecule has 0 fully saturated rings. The van der Waals surface area contributed by atoms with Crippen LogP contribution in [0.3, 0.4) is 0 Å². The van der Waals surface area contributed by atoms with Crippen molar-refractivity contribution in [2.75, 3.05) is 13.2 Å². The molecule has 24 heavy (non-hydrogen) atoms. The second-order valence-electron chi connectivity index (χ2n) is 5.03. The molecule has 7 nitrogen and oxygen atoms in total. The number of aryl methyl sites for hydroxylation is 1. The van der Waals surface area contributed by atoms with Crippen molar-refractivity contribution in [1.82, 2.24) is 20.4 Å². The molecule has 1 aromatic carbocycles. The summed E-state index contributed by atoms with van der Waals surface area (Å²) in [5, 5.41) is 7.26. The quantitative estimate of drug-likeness (QED) is 0.700. The van der Waals surface area contributed by atoms with Gasteiger partial charge in [0.05, 0.1) is 0 Å². The normalized spacial score (nSPS) is 10.5. The summed E-state index contributed by atoms with van der Waals surface area (Å²) in [5.74, 6) is 0.475. The molecule has 3 rings (SSSR count). The number of benzene rings is 1. The molecule has 2 heterocycles. The van der Waals surface area contributed by atoms with Gasteiger partial charge in [-0.25, -0.2) is 0 Å². The smallest absolute Gasteiger partial charge is 0.265 e. The number of carbonyl (C=O) groups excluding carboxylic acids is 1. The molecule has 0 aliphatic heterocycles. The van der Waals surface area contributed by atoms with E-state index >= 15 is 0 Å². The molecule has 3 aromatic rings. The third kappa shape index (κ3) is 3.24. The van der Waals surface area contributed by atoms with Gasteiger partial charge in [-0.1, -0.05) is 41.6 Å². The number of hydrogen-bond acceptors (Lipinski definition) is 6. The van der Waals surface area contributed by atoms with Crippen LogP contribution in [0.15, 0.2) is 47.5 Å². The van der Waals surface area contributed by atoms with Gasteiger partial charge in [0, 0.05) is 12.1 Å². The van der Waals surface area contributed by atoms with Crippen LogP contribution < -0.4 is 10.1 Å². The minimum Gasteiger partial charge on any atom is -0.467 e. The number of aromatic nitrogens is 3. The topological polar surface area (TPSA) is 90.1 Å². The van der Waals surface area contributed by atoms with Gasteiger partial charge in [0.2, 0.25) is 5.88 Å². The van der Waals surface area contributed by atoms with Crippen molar-refractivity contribution < 1.29 is 14.1 Å². The molecule has 2 aromatic heterocycles. The van der Waals surface area contributed by atoms with E-state index in [1.807, 2.05) is 30.3 Å². The lowest BCUT2D eigenvalue weighted by Gasteiger charge is -2.07. The Morgan fingerprint density at radius 1 is 1.33 bits per heavy atom. The number of rotatable bonds is 6. The molecule has 1 amide bonds. The summed E-state index contributed by atoms with van der Waals surface area (Å²) in [6, 6.07) is 9.51. The van der Waals surface area contributed by atoms with E-state index in [4.69, 9.17) is 9.26 Å². The van der Waals surface area contributed by atoms with Gasteiger partial charge in [0.15, 0.2) is 6.61 Å². The summed E-state index contributed by atoms with van der Waals surface area (Å²) in [4.78, 5) is 20.2. The van der Waals surface area contributed by atoms with Crippen LogP contribution >= 0.6 is 0 Å². The highest BCUT2D eigenvalue weighted by molar-refractivity contribution is 5.93. The van der Waals surface area contributed by atoms with Crippen LogP contribution in [0.25, 0.3) is 22.4 Å². The van der Waals surface area contributed by atoms with Crippen LogP contribution in [0.5, 0.6) is 5.88 Å². The molecule has 122 valence electrons. The third-order valence-corrected chi connectivity index (χ3v) is 3.25. The van der Waals surface area contributed by atoms with Crippen molar-refractivity contribution in [1.29, 1.82) is 0 Å². The second-order valence-corrected chi connectivity index (χ2v) is 5.03. The fourth-order valence-electron chi connectivity index (χ4n) is 2.19.